The highest BCUT2D eigenvalue weighted by molar-refractivity contribution is 5.95. The standard InChI is InChI=1S/C11H11NO5/c13-6-7-1-3-8(4-2-7)10(15)12-5-9(14)11(16)17/h1-4,6,9,14H,5H2,(H,12,15)(H,16,17)/t9-/m1/s1. The van der Waals surface area contributed by atoms with Crippen LogP contribution < -0.4 is 5.32 Å². The van der Waals surface area contributed by atoms with Crippen LogP contribution in [0.15, 0.2) is 24.3 Å². The van der Waals surface area contributed by atoms with Crippen LogP contribution in [0, 0.1) is 0 Å². The van der Waals surface area contributed by atoms with Gasteiger partial charge in [-0.2, -0.15) is 0 Å². The Hall–Kier alpha value is -2.21. The Kier molecular flexibility index (Phi) is 4.36. The maximum absolute atomic E-state index is 11.5. The van der Waals surface area contributed by atoms with Gasteiger partial charge in [0.15, 0.2) is 6.10 Å². The first-order chi connectivity index (χ1) is 8.04. The molecule has 3 N–H and O–H groups in total. The summed E-state index contributed by atoms with van der Waals surface area (Å²) < 4.78 is 0. The number of rotatable bonds is 5. The number of aliphatic hydroxyl groups is 1. The molecule has 1 rings (SSSR count). The number of hydrogen-bond donors (Lipinski definition) is 3. The van der Waals surface area contributed by atoms with E-state index in [1.165, 1.54) is 24.3 Å². The molecule has 0 saturated heterocycles. The van der Waals surface area contributed by atoms with Gasteiger partial charge >= 0.3 is 5.97 Å². The van der Waals surface area contributed by atoms with Crippen LogP contribution in [-0.2, 0) is 4.79 Å². The van der Waals surface area contributed by atoms with Gasteiger partial charge in [-0.3, -0.25) is 9.59 Å². The van der Waals surface area contributed by atoms with E-state index in [0.717, 1.165) is 0 Å². The molecule has 0 fully saturated rings. The number of carbonyl (C=O) groups excluding carboxylic acids is 2. The lowest BCUT2D eigenvalue weighted by atomic mass is 10.1. The Morgan fingerprint density at radius 2 is 1.88 bits per heavy atom. The number of carbonyl (C=O) groups is 3. The second-order valence-electron chi connectivity index (χ2n) is 3.30. The number of carboxylic acids is 1. The molecule has 6 heteroatoms. The van der Waals surface area contributed by atoms with Gasteiger partial charge in [-0.05, 0) is 12.1 Å². The number of aliphatic carboxylic acids is 1. The summed E-state index contributed by atoms with van der Waals surface area (Å²) >= 11 is 0. The molecule has 0 unspecified atom stereocenters. The minimum Gasteiger partial charge on any atom is -0.479 e. The molecule has 0 heterocycles. The Labute approximate surface area is 96.9 Å². The molecule has 0 radical (unpaired) electrons. The monoisotopic (exact) mass is 237 g/mol. The highest BCUT2D eigenvalue weighted by Gasteiger charge is 2.14. The maximum Gasteiger partial charge on any atom is 0.334 e. The molecule has 0 aliphatic carbocycles. The van der Waals surface area contributed by atoms with Gasteiger partial charge in [0.2, 0.25) is 0 Å². The van der Waals surface area contributed by atoms with Crippen LogP contribution in [0.5, 0.6) is 0 Å². The molecular formula is C11H11NO5. The van der Waals surface area contributed by atoms with Crippen LogP contribution >= 0.6 is 0 Å². The van der Waals surface area contributed by atoms with Crippen molar-refractivity contribution in [3.8, 4) is 0 Å². The van der Waals surface area contributed by atoms with Crippen molar-refractivity contribution in [2.45, 2.75) is 6.10 Å². The quantitative estimate of drug-likeness (QED) is 0.608. The fourth-order valence-electron chi connectivity index (χ4n) is 1.09. The van der Waals surface area contributed by atoms with Gasteiger partial charge in [-0.15, -0.1) is 0 Å². The predicted molar refractivity (Wildman–Crippen MR) is 57.8 cm³/mol. The first-order valence-electron chi connectivity index (χ1n) is 4.79. The van der Waals surface area contributed by atoms with E-state index in [1.54, 1.807) is 0 Å². The molecule has 1 aromatic carbocycles. The summed E-state index contributed by atoms with van der Waals surface area (Å²) in [4.78, 5) is 32.1. The van der Waals surface area contributed by atoms with E-state index in [4.69, 9.17) is 10.2 Å². The number of hydrogen-bond acceptors (Lipinski definition) is 4. The number of benzene rings is 1. The fraction of sp³-hybridized carbons (Fsp3) is 0.182. The summed E-state index contributed by atoms with van der Waals surface area (Å²) in [6.45, 7) is -0.371. The van der Waals surface area contributed by atoms with Gasteiger partial charge in [0.1, 0.15) is 6.29 Å². The van der Waals surface area contributed by atoms with Crippen molar-refractivity contribution >= 4 is 18.2 Å². The molecule has 0 spiro atoms. The van der Waals surface area contributed by atoms with E-state index < -0.39 is 18.0 Å². The number of aliphatic hydroxyl groups excluding tert-OH is 1. The fourth-order valence-corrected chi connectivity index (χ4v) is 1.09. The minimum absolute atomic E-state index is 0.285. The lowest BCUT2D eigenvalue weighted by Gasteiger charge is -2.07. The van der Waals surface area contributed by atoms with Crippen molar-refractivity contribution < 1.29 is 24.6 Å². The predicted octanol–water partition coefficient (Wildman–Crippen LogP) is -0.326. The highest BCUT2D eigenvalue weighted by Crippen LogP contribution is 2.02. The molecule has 0 aliphatic heterocycles. The SMILES string of the molecule is O=Cc1ccc(C(=O)NC[C@@H](O)C(=O)O)cc1. The third-order valence-electron chi connectivity index (χ3n) is 2.05. The minimum atomic E-state index is -1.63. The zero-order valence-corrected chi connectivity index (χ0v) is 8.79. The number of nitrogens with one attached hydrogen (secondary N) is 1. The summed E-state index contributed by atoms with van der Waals surface area (Å²) in [5, 5.41) is 19.6. The first kappa shape index (κ1) is 12.9. The van der Waals surface area contributed by atoms with Gasteiger partial charge in [0.25, 0.3) is 5.91 Å². The van der Waals surface area contributed by atoms with Gasteiger partial charge in [-0.25, -0.2) is 4.79 Å². The second kappa shape index (κ2) is 5.76. The van der Waals surface area contributed by atoms with Gasteiger partial charge in [0.05, 0.1) is 6.54 Å². The second-order valence-corrected chi connectivity index (χ2v) is 3.30. The Balaban J connectivity index is 2.57. The Bertz CT molecular complexity index is 426. The summed E-state index contributed by atoms with van der Waals surface area (Å²) in [5.74, 6) is -1.91. The van der Waals surface area contributed by atoms with Gasteiger partial charge in [-0.1, -0.05) is 12.1 Å². The smallest absolute Gasteiger partial charge is 0.334 e. The van der Waals surface area contributed by atoms with Crippen molar-refractivity contribution in [3.63, 3.8) is 0 Å². The van der Waals surface area contributed by atoms with E-state index in [2.05, 4.69) is 5.32 Å². The topological polar surface area (TPSA) is 104 Å². The lowest BCUT2D eigenvalue weighted by Crippen LogP contribution is -2.36. The average molecular weight is 237 g/mol. The number of carboxylic acid groups (broad SMARTS) is 1. The maximum atomic E-state index is 11.5. The van der Waals surface area contributed by atoms with Crippen molar-refractivity contribution in [2.24, 2.45) is 0 Å². The molecule has 1 aromatic rings. The molecule has 0 bridgehead atoms. The van der Waals surface area contributed by atoms with E-state index in [1.807, 2.05) is 0 Å². The van der Waals surface area contributed by atoms with Crippen molar-refractivity contribution in [1.82, 2.24) is 5.32 Å². The van der Waals surface area contributed by atoms with Gasteiger partial charge < -0.3 is 15.5 Å². The van der Waals surface area contributed by atoms with E-state index >= 15 is 0 Å². The molecule has 90 valence electrons. The van der Waals surface area contributed by atoms with Gasteiger partial charge in [0, 0.05) is 11.1 Å². The zero-order valence-electron chi connectivity index (χ0n) is 8.79. The summed E-state index contributed by atoms with van der Waals surface area (Å²) in [6.07, 6.45) is -0.983. The number of amides is 1. The highest BCUT2D eigenvalue weighted by atomic mass is 16.4. The molecule has 6 nitrogen and oxygen atoms in total. The molecule has 0 aliphatic rings. The molecule has 17 heavy (non-hydrogen) atoms. The summed E-state index contributed by atoms with van der Waals surface area (Å²) in [7, 11) is 0. The normalized spacial score (nSPS) is 11.6. The van der Waals surface area contributed by atoms with Crippen LogP contribution in [0.4, 0.5) is 0 Å². The molecular weight excluding hydrogens is 226 g/mol. The van der Waals surface area contributed by atoms with E-state index in [0.29, 0.717) is 11.8 Å². The Morgan fingerprint density at radius 1 is 1.29 bits per heavy atom. The lowest BCUT2D eigenvalue weighted by molar-refractivity contribution is -0.146. The summed E-state index contributed by atoms with van der Waals surface area (Å²) in [6, 6.07) is 5.81. The van der Waals surface area contributed by atoms with Crippen molar-refractivity contribution in [2.75, 3.05) is 6.54 Å². The third-order valence-corrected chi connectivity index (χ3v) is 2.05. The van der Waals surface area contributed by atoms with Crippen LogP contribution in [0.3, 0.4) is 0 Å². The van der Waals surface area contributed by atoms with E-state index in [-0.39, 0.29) is 12.1 Å². The Morgan fingerprint density at radius 3 is 2.35 bits per heavy atom. The number of aldehydes is 1. The summed E-state index contributed by atoms with van der Waals surface area (Å²) in [5.41, 5.74) is 0.723. The van der Waals surface area contributed by atoms with Crippen LogP contribution in [0.2, 0.25) is 0 Å². The first-order valence-corrected chi connectivity index (χ1v) is 4.79. The molecule has 0 aromatic heterocycles. The van der Waals surface area contributed by atoms with Crippen LogP contribution in [0.25, 0.3) is 0 Å². The van der Waals surface area contributed by atoms with E-state index in [9.17, 15) is 14.4 Å². The molecule has 1 atom stereocenters. The van der Waals surface area contributed by atoms with Crippen molar-refractivity contribution in [3.05, 3.63) is 35.4 Å². The van der Waals surface area contributed by atoms with Crippen LogP contribution in [0.1, 0.15) is 20.7 Å². The largest absolute Gasteiger partial charge is 0.479 e. The zero-order chi connectivity index (χ0) is 12.8. The molecule has 1 amide bonds. The van der Waals surface area contributed by atoms with Crippen molar-refractivity contribution in [1.29, 1.82) is 0 Å². The molecule has 0 saturated carbocycles. The third kappa shape index (κ3) is 3.69. The average Bonchev–Trinajstić information content (AvgIpc) is 2.35. The van der Waals surface area contributed by atoms with Crippen LogP contribution in [-0.4, -0.2) is 41.0 Å².